The van der Waals surface area contributed by atoms with Crippen molar-refractivity contribution in [1.82, 2.24) is 0 Å². The van der Waals surface area contributed by atoms with Crippen molar-refractivity contribution in [2.45, 2.75) is 47.0 Å². The zero-order chi connectivity index (χ0) is 15.5. The standard InChI is InChI=1S/C15H24O5/c1-5-8-9-12(14(17)19-6-2)10-13(11(4)16)15(18)20-7-3/h9,13H,5-8,10H2,1-4H3. The normalized spacial score (nSPS) is 12.7. The lowest BCUT2D eigenvalue weighted by Gasteiger charge is -2.14. The van der Waals surface area contributed by atoms with Crippen LogP contribution in [0.4, 0.5) is 0 Å². The Kier molecular flexibility index (Phi) is 9.34. The zero-order valence-electron chi connectivity index (χ0n) is 12.7. The second-order valence-electron chi connectivity index (χ2n) is 4.36. The van der Waals surface area contributed by atoms with Gasteiger partial charge in [-0.2, -0.15) is 0 Å². The predicted molar refractivity (Wildman–Crippen MR) is 75.0 cm³/mol. The SMILES string of the molecule is CCCC=C(CC(C(C)=O)C(=O)OCC)C(=O)OCC. The molecule has 0 aromatic carbocycles. The fourth-order valence-corrected chi connectivity index (χ4v) is 1.65. The van der Waals surface area contributed by atoms with Crippen molar-refractivity contribution < 1.29 is 23.9 Å². The molecule has 0 aromatic heterocycles. The number of carbonyl (C=O) groups excluding carboxylic acids is 3. The van der Waals surface area contributed by atoms with Crippen LogP contribution in [0, 0.1) is 5.92 Å². The summed E-state index contributed by atoms with van der Waals surface area (Å²) in [6.45, 7) is 7.15. The molecule has 0 bridgehead atoms. The quantitative estimate of drug-likeness (QED) is 0.369. The Morgan fingerprint density at radius 3 is 2.10 bits per heavy atom. The highest BCUT2D eigenvalue weighted by Gasteiger charge is 2.28. The first-order chi connectivity index (χ1) is 9.47. The van der Waals surface area contributed by atoms with Crippen LogP contribution in [-0.2, 0) is 23.9 Å². The van der Waals surface area contributed by atoms with Crippen LogP contribution < -0.4 is 0 Å². The number of ketones is 1. The van der Waals surface area contributed by atoms with Crippen LogP contribution in [0.5, 0.6) is 0 Å². The van der Waals surface area contributed by atoms with Crippen molar-refractivity contribution in [3.05, 3.63) is 11.6 Å². The maximum Gasteiger partial charge on any atom is 0.333 e. The van der Waals surface area contributed by atoms with Crippen molar-refractivity contribution in [2.75, 3.05) is 13.2 Å². The largest absolute Gasteiger partial charge is 0.465 e. The maximum absolute atomic E-state index is 11.8. The average molecular weight is 284 g/mol. The summed E-state index contributed by atoms with van der Waals surface area (Å²) in [5.41, 5.74) is 0.363. The highest BCUT2D eigenvalue weighted by atomic mass is 16.5. The van der Waals surface area contributed by atoms with Crippen LogP contribution in [0.15, 0.2) is 11.6 Å². The van der Waals surface area contributed by atoms with Gasteiger partial charge in [0, 0.05) is 5.57 Å². The van der Waals surface area contributed by atoms with Crippen molar-refractivity contribution in [3.63, 3.8) is 0 Å². The molecule has 0 radical (unpaired) electrons. The molecule has 0 N–H and O–H groups in total. The van der Waals surface area contributed by atoms with E-state index in [4.69, 9.17) is 9.47 Å². The van der Waals surface area contributed by atoms with Gasteiger partial charge in [-0.05, 0) is 33.6 Å². The van der Waals surface area contributed by atoms with E-state index in [0.29, 0.717) is 12.0 Å². The third kappa shape index (κ3) is 6.50. The van der Waals surface area contributed by atoms with Gasteiger partial charge in [0.25, 0.3) is 0 Å². The van der Waals surface area contributed by atoms with Crippen LogP contribution >= 0.6 is 0 Å². The number of carbonyl (C=O) groups is 3. The van der Waals surface area contributed by atoms with E-state index in [2.05, 4.69) is 0 Å². The molecule has 0 rings (SSSR count). The highest BCUT2D eigenvalue weighted by Crippen LogP contribution is 2.17. The average Bonchev–Trinajstić information content (AvgIpc) is 2.38. The second kappa shape index (κ2) is 10.2. The van der Waals surface area contributed by atoms with Gasteiger partial charge in [-0.1, -0.05) is 19.4 Å². The zero-order valence-corrected chi connectivity index (χ0v) is 12.7. The van der Waals surface area contributed by atoms with Crippen molar-refractivity contribution in [3.8, 4) is 0 Å². The summed E-state index contributed by atoms with van der Waals surface area (Å²) in [7, 11) is 0. The first-order valence-electron chi connectivity index (χ1n) is 7.01. The summed E-state index contributed by atoms with van der Waals surface area (Å²) in [5.74, 6) is -2.32. The summed E-state index contributed by atoms with van der Waals surface area (Å²) in [4.78, 5) is 35.2. The van der Waals surface area contributed by atoms with Gasteiger partial charge in [0.05, 0.1) is 13.2 Å². The van der Waals surface area contributed by atoms with E-state index in [9.17, 15) is 14.4 Å². The van der Waals surface area contributed by atoms with E-state index in [1.807, 2.05) is 6.92 Å². The van der Waals surface area contributed by atoms with Gasteiger partial charge in [0.15, 0.2) is 0 Å². The van der Waals surface area contributed by atoms with E-state index >= 15 is 0 Å². The summed E-state index contributed by atoms with van der Waals surface area (Å²) in [5, 5.41) is 0. The molecule has 5 nitrogen and oxygen atoms in total. The van der Waals surface area contributed by atoms with Gasteiger partial charge in [-0.25, -0.2) is 4.79 Å². The van der Waals surface area contributed by atoms with Gasteiger partial charge in [0.2, 0.25) is 0 Å². The number of Topliss-reactive ketones (excluding diaryl/α,β-unsaturated/α-hetero) is 1. The molecule has 0 aliphatic rings. The maximum atomic E-state index is 11.8. The van der Waals surface area contributed by atoms with Crippen LogP contribution in [0.1, 0.15) is 47.0 Å². The van der Waals surface area contributed by atoms with Crippen LogP contribution in [0.2, 0.25) is 0 Å². The molecular formula is C15H24O5. The molecule has 0 saturated carbocycles. The topological polar surface area (TPSA) is 69.7 Å². The Labute approximate surface area is 120 Å². The number of unbranched alkanes of at least 4 members (excludes halogenated alkanes) is 1. The Balaban J connectivity index is 5.03. The summed E-state index contributed by atoms with van der Waals surface area (Å²) < 4.78 is 9.82. The van der Waals surface area contributed by atoms with Gasteiger partial charge in [-0.3, -0.25) is 9.59 Å². The fourth-order valence-electron chi connectivity index (χ4n) is 1.65. The molecule has 1 atom stereocenters. The molecule has 114 valence electrons. The fraction of sp³-hybridized carbons (Fsp3) is 0.667. The Bertz CT molecular complexity index is 370. The van der Waals surface area contributed by atoms with Gasteiger partial charge in [-0.15, -0.1) is 0 Å². The van der Waals surface area contributed by atoms with Crippen LogP contribution in [0.3, 0.4) is 0 Å². The van der Waals surface area contributed by atoms with Gasteiger partial charge in [0.1, 0.15) is 11.7 Å². The highest BCUT2D eigenvalue weighted by molar-refractivity contribution is 6.00. The molecule has 0 heterocycles. The van der Waals surface area contributed by atoms with E-state index < -0.39 is 17.9 Å². The molecule has 20 heavy (non-hydrogen) atoms. The third-order valence-corrected chi connectivity index (χ3v) is 2.70. The summed E-state index contributed by atoms with van der Waals surface area (Å²) in [6.07, 6.45) is 3.33. The molecule has 5 heteroatoms. The second-order valence-corrected chi connectivity index (χ2v) is 4.36. The van der Waals surface area contributed by atoms with Crippen molar-refractivity contribution >= 4 is 17.7 Å². The summed E-state index contributed by atoms with van der Waals surface area (Å²) >= 11 is 0. The Morgan fingerprint density at radius 2 is 1.65 bits per heavy atom. The molecule has 1 unspecified atom stereocenters. The number of ether oxygens (including phenoxy) is 2. The first kappa shape index (κ1) is 18.4. The lowest BCUT2D eigenvalue weighted by atomic mass is 9.95. The molecule has 0 saturated heterocycles. The van der Waals surface area contributed by atoms with Crippen LogP contribution in [0.25, 0.3) is 0 Å². The number of hydrogen-bond donors (Lipinski definition) is 0. The van der Waals surface area contributed by atoms with E-state index in [-0.39, 0.29) is 25.4 Å². The number of allylic oxidation sites excluding steroid dienone is 1. The number of hydrogen-bond acceptors (Lipinski definition) is 5. The minimum atomic E-state index is -0.942. The lowest BCUT2D eigenvalue weighted by Crippen LogP contribution is -2.26. The van der Waals surface area contributed by atoms with Gasteiger partial charge >= 0.3 is 11.9 Å². The summed E-state index contributed by atoms with van der Waals surface area (Å²) in [6, 6.07) is 0. The monoisotopic (exact) mass is 284 g/mol. The molecular weight excluding hydrogens is 260 g/mol. The van der Waals surface area contributed by atoms with E-state index in [1.54, 1.807) is 19.9 Å². The Hall–Kier alpha value is -1.65. The van der Waals surface area contributed by atoms with Crippen molar-refractivity contribution in [2.24, 2.45) is 5.92 Å². The molecule has 0 aliphatic carbocycles. The Morgan fingerprint density at radius 1 is 1.05 bits per heavy atom. The number of rotatable bonds is 9. The van der Waals surface area contributed by atoms with Crippen LogP contribution in [-0.4, -0.2) is 30.9 Å². The van der Waals surface area contributed by atoms with Gasteiger partial charge < -0.3 is 9.47 Å². The number of esters is 2. The smallest absolute Gasteiger partial charge is 0.333 e. The minimum Gasteiger partial charge on any atom is -0.465 e. The first-order valence-corrected chi connectivity index (χ1v) is 7.01. The molecule has 0 aromatic rings. The molecule has 0 amide bonds. The molecule has 0 fully saturated rings. The minimum absolute atomic E-state index is 0.0347. The van der Waals surface area contributed by atoms with E-state index in [1.165, 1.54) is 6.92 Å². The lowest BCUT2D eigenvalue weighted by molar-refractivity contribution is -0.151. The van der Waals surface area contributed by atoms with Crippen molar-refractivity contribution in [1.29, 1.82) is 0 Å². The predicted octanol–water partition coefficient (Wildman–Crippen LogP) is 2.43. The van der Waals surface area contributed by atoms with E-state index in [0.717, 1.165) is 6.42 Å². The third-order valence-electron chi connectivity index (χ3n) is 2.70. The molecule has 0 spiro atoms. The molecule has 0 aliphatic heterocycles.